The van der Waals surface area contributed by atoms with Crippen LogP contribution in [-0.4, -0.2) is 11.1 Å². The van der Waals surface area contributed by atoms with Crippen LogP contribution in [0.1, 0.15) is 27.8 Å². The maximum Gasteiger partial charge on any atom is 0.326 e. The molecule has 0 aliphatic carbocycles. The summed E-state index contributed by atoms with van der Waals surface area (Å²) >= 11 is 0. The van der Waals surface area contributed by atoms with Gasteiger partial charge in [0.05, 0.1) is 24.4 Å². The van der Waals surface area contributed by atoms with Crippen LogP contribution in [0, 0.1) is 11.6 Å². The summed E-state index contributed by atoms with van der Waals surface area (Å²) in [5, 5.41) is 12.4. The summed E-state index contributed by atoms with van der Waals surface area (Å²) < 4.78 is 34.0. The van der Waals surface area contributed by atoms with Crippen molar-refractivity contribution < 1.29 is 23.4 Å². The predicted octanol–water partition coefficient (Wildman–Crippen LogP) is 6.37. The number of halogens is 2. The number of urea groups is 1. The summed E-state index contributed by atoms with van der Waals surface area (Å²) in [5.41, 5.74) is 4.92. The first-order valence-corrected chi connectivity index (χ1v) is 12.1. The molecule has 0 saturated heterocycles. The number of hydrogen-bond donors (Lipinski definition) is 2. The Morgan fingerprint density at radius 2 is 1.65 bits per heavy atom. The van der Waals surface area contributed by atoms with Crippen molar-refractivity contribution in [3.63, 3.8) is 0 Å². The maximum atomic E-state index is 14.1. The molecule has 0 bridgehead atoms. The number of amides is 2. The standard InChI is InChI=1S/C30H26F2N2O3/c31-26-7-4-8-27(32)25(26)19-37-24-14-13-22(11-9-20-5-2-1-3-6-20)29(16-24)34-17-23-12-10-21(18-35)15-28(23)33-30(34)36/h1-8,10,12-16,35H,9,11,17-19H2,(H,33,36). The minimum Gasteiger partial charge on any atom is -0.489 e. The van der Waals surface area contributed by atoms with Crippen LogP contribution in [0.4, 0.5) is 25.0 Å². The van der Waals surface area contributed by atoms with Gasteiger partial charge in [-0.2, -0.15) is 0 Å². The highest BCUT2D eigenvalue weighted by Gasteiger charge is 2.26. The Kier molecular flexibility index (Phi) is 7.14. The molecule has 1 heterocycles. The van der Waals surface area contributed by atoms with E-state index in [1.54, 1.807) is 23.1 Å². The third-order valence-electron chi connectivity index (χ3n) is 6.49. The largest absolute Gasteiger partial charge is 0.489 e. The Morgan fingerprint density at radius 3 is 2.41 bits per heavy atom. The molecule has 0 spiro atoms. The van der Waals surface area contributed by atoms with E-state index >= 15 is 0 Å². The van der Waals surface area contributed by atoms with E-state index in [1.165, 1.54) is 23.8 Å². The van der Waals surface area contributed by atoms with Crippen molar-refractivity contribution in [1.29, 1.82) is 0 Å². The number of anilines is 2. The molecule has 5 nitrogen and oxygen atoms in total. The van der Waals surface area contributed by atoms with Gasteiger partial charge >= 0.3 is 6.03 Å². The van der Waals surface area contributed by atoms with Gasteiger partial charge < -0.3 is 15.2 Å². The van der Waals surface area contributed by atoms with Crippen LogP contribution in [0.15, 0.2) is 84.9 Å². The third kappa shape index (κ3) is 5.47. The van der Waals surface area contributed by atoms with Crippen molar-refractivity contribution in [1.82, 2.24) is 0 Å². The molecule has 1 aliphatic heterocycles. The van der Waals surface area contributed by atoms with Crippen molar-refractivity contribution in [2.24, 2.45) is 0 Å². The van der Waals surface area contributed by atoms with Crippen LogP contribution in [0.25, 0.3) is 0 Å². The van der Waals surface area contributed by atoms with Gasteiger partial charge in [0.2, 0.25) is 0 Å². The van der Waals surface area contributed by atoms with Gasteiger partial charge in [-0.3, -0.25) is 4.90 Å². The van der Waals surface area contributed by atoms with Crippen LogP contribution < -0.4 is 15.0 Å². The van der Waals surface area contributed by atoms with Crippen LogP contribution in [0.5, 0.6) is 5.75 Å². The highest BCUT2D eigenvalue weighted by Crippen LogP contribution is 2.34. The van der Waals surface area contributed by atoms with Crippen LogP contribution in [-0.2, 0) is 32.6 Å². The first-order chi connectivity index (χ1) is 18.0. The number of carbonyl (C=O) groups is 1. The number of benzene rings is 4. The van der Waals surface area contributed by atoms with Crippen LogP contribution in [0.3, 0.4) is 0 Å². The number of aryl methyl sites for hydroxylation is 2. The zero-order chi connectivity index (χ0) is 25.8. The monoisotopic (exact) mass is 500 g/mol. The molecule has 0 atom stereocenters. The molecule has 188 valence electrons. The van der Waals surface area contributed by atoms with Gasteiger partial charge in [-0.15, -0.1) is 0 Å². The Balaban J connectivity index is 1.45. The van der Waals surface area contributed by atoms with Crippen LogP contribution >= 0.6 is 0 Å². The molecule has 4 aromatic carbocycles. The average Bonchev–Trinajstić information content (AvgIpc) is 2.92. The van der Waals surface area contributed by atoms with E-state index in [0.717, 1.165) is 17.5 Å². The molecule has 1 aliphatic rings. The Hall–Kier alpha value is -4.23. The molecule has 0 saturated carbocycles. The van der Waals surface area contributed by atoms with E-state index in [-0.39, 0.29) is 24.8 Å². The van der Waals surface area contributed by atoms with E-state index in [9.17, 15) is 18.7 Å². The third-order valence-corrected chi connectivity index (χ3v) is 6.49. The van der Waals surface area contributed by atoms with Crippen molar-refractivity contribution in [3.8, 4) is 5.75 Å². The zero-order valence-electron chi connectivity index (χ0n) is 20.1. The fourth-order valence-corrected chi connectivity index (χ4v) is 4.44. The number of nitrogens with zero attached hydrogens (tertiary/aromatic N) is 1. The average molecular weight is 501 g/mol. The van der Waals surface area contributed by atoms with E-state index < -0.39 is 11.6 Å². The Morgan fingerprint density at radius 1 is 0.865 bits per heavy atom. The molecule has 0 unspecified atom stereocenters. The summed E-state index contributed by atoms with van der Waals surface area (Å²) in [6.07, 6.45) is 1.46. The van der Waals surface area contributed by atoms with Gasteiger partial charge in [-0.1, -0.05) is 54.6 Å². The molecule has 2 amide bonds. The number of aliphatic hydroxyl groups excluding tert-OH is 1. The van der Waals surface area contributed by atoms with Gasteiger partial charge in [-0.05, 0) is 59.4 Å². The summed E-state index contributed by atoms with van der Waals surface area (Å²) in [5.74, 6) is -0.946. The van der Waals surface area contributed by atoms with Crippen LogP contribution in [0.2, 0.25) is 0 Å². The molecule has 37 heavy (non-hydrogen) atoms. The summed E-state index contributed by atoms with van der Waals surface area (Å²) in [6.45, 7) is -0.0602. The van der Waals surface area contributed by atoms with E-state index in [2.05, 4.69) is 17.4 Å². The molecule has 0 aromatic heterocycles. The van der Waals surface area contributed by atoms with Crippen molar-refractivity contribution in [3.05, 3.63) is 124 Å². The lowest BCUT2D eigenvalue weighted by Gasteiger charge is -2.31. The highest BCUT2D eigenvalue weighted by molar-refractivity contribution is 6.04. The Labute approximate surface area is 213 Å². The van der Waals surface area contributed by atoms with E-state index in [4.69, 9.17) is 4.74 Å². The van der Waals surface area contributed by atoms with E-state index in [1.807, 2.05) is 36.4 Å². The Bertz CT molecular complexity index is 1410. The number of hydrogen-bond acceptors (Lipinski definition) is 3. The number of aliphatic hydroxyl groups is 1. The number of nitrogens with one attached hydrogen (secondary N) is 1. The normalized spacial score (nSPS) is 12.7. The van der Waals surface area contributed by atoms with E-state index in [0.29, 0.717) is 35.7 Å². The van der Waals surface area contributed by atoms with Crippen molar-refractivity contribution in [2.75, 3.05) is 10.2 Å². The molecule has 7 heteroatoms. The summed E-state index contributed by atoms with van der Waals surface area (Å²) in [7, 11) is 0. The summed E-state index contributed by atoms with van der Waals surface area (Å²) in [6, 6.07) is 24.3. The maximum absolute atomic E-state index is 14.1. The predicted molar refractivity (Wildman–Crippen MR) is 139 cm³/mol. The fraction of sp³-hybridized carbons (Fsp3) is 0.167. The van der Waals surface area contributed by atoms with Gasteiger partial charge in [0.25, 0.3) is 0 Å². The number of fused-ring (bicyclic) bond motifs is 1. The lowest BCUT2D eigenvalue weighted by Crippen LogP contribution is -2.39. The second-order valence-electron chi connectivity index (χ2n) is 8.93. The molecule has 5 rings (SSSR count). The number of rotatable bonds is 8. The second-order valence-corrected chi connectivity index (χ2v) is 8.93. The SMILES string of the molecule is O=C1Nc2cc(CO)ccc2CN1c1cc(OCc2c(F)cccc2F)ccc1CCc1ccccc1. The second kappa shape index (κ2) is 10.8. The molecular weight excluding hydrogens is 474 g/mol. The topological polar surface area (TPSA) is 61.8 Å². The molecular formula is C30H26F2N2O3. The van der Waals surface area contributed by atoms with Gasteiger partial charge in [0.1, 0.15) is 24.0 Å². The lowest BCUT2D eigenvalue weighted by molar-refractivity contribution is 0.255. The first kappa shape index (κ1) is 24.5. The summed E-state index contributed by atoms with van der Waals surface area (Å²) in [4.78, 5) is 14.8. The van der Waals surface area contributed by atoms with Gasteiger partial charge in [-0.25, -0.2) is 13.6 Å². The number of ether oxygens (including phenoxy) is 1. The van der Waals surface area contributed by atoms with Crippen molar-refractivity contribution in [2.45, 2.75) is 32.6 Å². The highest BCUT2D eigenvalue weighted by atomic mass is 19.1. The molecule has 0 radical (unpaired) electrons. The first-order valence-electron chi connectivity index (χ1n) is 12.1. The minimum absolute atomic E-state index is 0.113. The molecule has 4 aromatic rings. The fourth-order valence-electron chi connectivity index (χ4n) is 4.44. The van der Waals surface area contributed by atoms with Crippen molar-refractivity contribution >= 4 is 17.4 Å². The lowest BCUT2D eigenvalue weighted by atomic mass is 10.0. The minimum atomic E-state index is -0.672. The molecule has 2 N–H and O–H groups in total. The number of carbonyl (C=O) groups excluding carboxylic acids is 1. The quantitative estimate of drug-likeness (QED) is 0.295. The smallest absolute Gasteiger partial charge is 0.326 e. The van der Waals surface area contributed by atoms with Gasteiger partial charge in [0, 0.05) is 11.8 Å². The zero-order valence-corrected chi connectivity index (χ0v) is 20.1. The molecule has 0 fully saturated rings. The van der Waals surface area contributed by atoms with Gasteiger partial charge in [0.15, 0.2) is 0 Å².